The number of hydrogen-bond acceptors (Lipinski definition) is 6. The number of nitrogens with zero attached hydrogens (tertiary/aromatic N) is 3. The van der Waals surface area contributed by atoms with Gasteiger partial charge >= 0.3 is 5.97 Å². The van der Waals surface area contributed by atoms with Gasteiger partial charge in [0.15, 0.2) is 5.11 Å². The minimum atomic E-state index is -1.12. The number of carboxylic acid groups (broad SMARTS) is 1. The summed E-state index contributed by atoms with van der Waals surface area (Å²) in [6.07, 6.45) is 0. The number of aromatic hydroxyl groups is 1. The lowest BCUT2D eigenvalue weighted by atomic mass is 10.2. The molecule has 1 aliphatic rings. The number of nitrogens with one attached hydrogen (secondary N) is 1. The summed E-state index contributed by atoms with van der Waals surface area (Å²) in [5.74, 6) is -1.31. The third-order valence-corrected chi connectivity index (χ3v) is 4.84. The largest absolute Gasteiger partial charge is 0.506 e. The van der Waals surface area contributed by atoms with Gasteiger partial charge in [0.25, 0.3) is 5.69 Å². The molecule has 0 saturated carbocycles. The number of anilines is 2. The van der Waals surface area contributed by atoms with Crippen LogP contribution in [0, 0.1) is 10.1 Å². The smallest absolute Gasteiger partial charge is 0.335 e. The Morgan fingerprint density at radius 3 is 2.29 bits per heavy atom. The van der Waals surface area contributed by atoms with Gasteiger partial charge in [-0.05, 0) is 42.5 Å². The molecular formula is C18H18N4O5S. The zero-order chi connectivity index (χ0) is 20.3. The Kier molecular flexibility index (Phi) is 5.59. The van der Waals surface area contributed by atoms with Crippen LogP contribution in [0.3, 0.4) is 0 Å². The van der Waals surface area contributed by atoms with Crippen molar-refractivity contribution in [3.63, 3.8) is 0 Å². The monoisotopic (exact) mass is 402 g/mol. The van der Waals surface area contributed by atoms with Crippen LogP contribution in [-0.4, -0.2) is 57.3 Å². The van der Waals surface area contributed by atoms with Gasteiger partial charge in [-0.25, -0.2) is 4.79 Å². The Hall–Kier alpha value is -3.40. The topological polar surface area (TPSA) is 119 Å². The van der Waals surface area contributed by atoms with E-state index in [9.17, 15) is 20.0 Å². The Labute approximate surface area is 166 Å². The number of carbonyl (C=O) groups is 1. The van der Waals surface area contributed by atoms with Gasteiger partial charge in [-0.3, -0.25) is 10.1 Å². The van der Waals surface area contributed by atoms with Crippen molar-refractivity contribution >= 4 is 40.4 Å². The molecule has 3 rings (SSSR count). The molecule has 0 atom stereocenters. The van der Waals surface area contributed by atoms with Gasteiger partial charge in [0.1, 0.15) is 5.75 Å². The summed E-state index contributed by atoms with van der Waals surface area (Å²) in [7, 11) is 0. The van der Waals surface area contributed by atoms with Crippen molar-refractivity contribution in [3.05, 3.63) is 58.1 Å². The van der Waals surface area contributed by atoms with Crippen molar-refractivity contribution in [1.29, 1.82) is 0 Å². The summed E-state index contributed by atoms with van der Waals surface area (Å²) < 4.78 is 0. The van der Waals surface area contributed by atoms with Gasteiger partial charge in [0, 0.05) is 44.0 Å². The normalized spacial score (nSPS) is 13.9. The Morgan fingerprint density at radius 2 is 1.75 bits per heavy atom. The molecule has 1 aliphatic heterocycles. The Morgan fingerprint density at radius 1 is 1.11 bits per heavy atom. The Bertz CT molecular complexity index is 911. The van der Waals surface area contributed by atoms with E-state index in [1.54, 1.807) is 12.1 Å². The number of rotatable bonds is 4. The highest BCUT2D eigenvalue weighted by molar-refractivity contribution is 7.80. The number of hydrogen-bond donors (Lipinski definition) is 3. The van der Waals surface area contributed by atoms with Crippen LogP contribution >= 0.6 is 12.2 Å². The molecule has 1 heterocycles. The van der Waals surface area contributed by atoms with Crippen molar-refractivity contribution in [2.75, 3.05) is 36.4 Å². The van der Waals surface area contributed by atoms with Gasteiger partial charge < -0.3 is 25.3 Å². The molecular weight excluding hydrogens is 384 g/mol. The van der Waals surface area contributed by atoms with E-state index < -0.39 is 10.9 Å². The molecule has 146 valence electrons. The van der Waals surface area contributed by atoms with E-state index in [1.165, 1.54) is 30.3 Å². The van der Waals surface area contributed by atoms with E-state index in [1.807, 2.05) is 4.90 Å². The number of carboxylic acids is 1. The van der Waals surface area contributed by atoms with Crippen LogP contribution in [0.25, 0.3) is 0 Å². The van der Waals surface area contributed by atoms with Gasteiger partial charge in [-0.15, -0.1) is 0 Å². The number of non-ortho nitro benzene ring substituents is 1. The first kappa shape index (κ1) is 19.4. The number of nitro benzene ring substituents is 1. The predicted molar refractivity (Wildman–Crippen MR) is 108 cm³/mol. The molecule has 2 aromatic rings. The average Bonchev–Trinajstić information content (AvgIpc) is 2.69. The fourth-order valence-corrected chi connectivity index (χ4v) is 3.21. The van der Waals surface area contributed by atoms with Crippen LogP contribution in [0.15, 0.2) is 42.5 Å². The van der Waals surface area contributed by atoms with Gasteiger partial charge in [-0.2, -0.15) is 0 Å². The van der Waals surface area contributed by atoms with Crippen LogP contribution in [0.2, 0.25) is 0 Å². The number of phenols is 1. The third kappa shape index (κ3) is 4.29. The summed E-state index contributed by atoms with van der Waals surface area (Å²) in [6, 6.07) is 10.4. The first-order valence-corrected chi connectivity index (χ1v) is 8.87. The minimum Gasteiger partial charge on any atom is -0.506 e. The first-order valence-electron chi connectivity index (χ1n) is 8.47. The number of phenolic OH excluding ortho intramolecular Hbond substituents is 1. The van der Waals surface area contributed by atoms with E-state index in [0.717, 1.165) is 5.69 Å². The second-order valence-electron chi connectivity index (χ2n) is 6.21. The predicted octanol–water partition coefficient (Wildman–Crippen LogP) is 2.52. The van der Waals surface area contributed by atoms with Crippen LogP contribution in [0.4, 0.5) is 17.1 Å². The number of benzene rings is 2. The third-order valence-electron chi connectivity index (χ3n) is 4.48. The molecule has 1 saturated heterocycles. The first-order chi connectivity index (χ1) is 13.3. The number of aromatic carboxylic acids is 1. The maximum Gasteiger partial charge on any atom is 0.335 e. The lowest BCUT2D eigenvalue weighted by molar-refractivity contribution is -0.384. The molecule has 3 N–H and O–H groups in total. The molecule has 0 bridgehead atoms. The fraction of sp³-hybridized carbons (Fsp3) is 0.222. The fourth-order valence-electron chi connectivity index (χ4n) is 2.92. The van der Waals surface area contributed by atoms with Crippen molar-refractivity contribution in [2.45, 2.75) is 0 Å². The SMILES string of the molecule is O=C(O)c1ccc(NC(=S)N2CCN(c3ccc([N+](=O)[O-])cc3)CC2)c(O)c1. The highest BCUT2D eigenvalue weighted by Crippen LogP contribution is 2.25. The number of piperazine rings is 1. The van der Waals surface area contributed by atoms with Crippen molar-refractivity contribution in [1.82, 2.24) is 4.90 Å². The van der Waals surface area contributed by atoms with E-state index in [-0.39, 0.29) is 17.0 Å². The molecule has 28 heavy (non-hydrogen) atoms. The molecule has 0 aromatic heterocycles. The van der Waals surface area contributed by atoms with E-state index in [0.29, 0.717) is 37.0 Å². The van der Waals surface area contributed by atoms with Crippen LogP contribution in [0.5, 0.6) is 5.75 Å². The molecule has 2 aromatic carbocycles. The van der Waals surface area contributed by atoms with E-state index >= 15 is 0 Å². The summed E-state index contributed by atoms with van der Waals surface area (Å²) in [6.45, 7) is 2.64. The standard InChI is InChI=1S/C18H18N4O5S/c23-16-11-12(17(24)25)1-6-15(16)19-18(28)21-9-7-20(8-10-21)13-2-4-14(5-3-13)22(26)27/h1-6,11,23H,7-10H2,(H,19,28)(H,24,25). The summed E-state index contributed by atoms with van der Waals surface area (Å²) in [5.41, 5.74) is 1.30. The highest BCUT2D eigenvalue weighted by atomic mass is 32.1. The van der Waals surface area contributed by atoms with Gasteiger partial charge in [0.05, 0.1) is 16.2 Å². The highest BCUT2D eigenvalue weighted by Gasteiger charge is 2.20. The molecule has 0 radical (unpaired) electrons. The molecule has 0 amide bonds. The lowest BCUT2D eigenvalue weighted by Crippen LogP contribution is -2.50. The van der Waals surface area contributed by atoms with Gasteiger partial charge in [0.2, 0.25) is 0 Å². The summed E-state index contributed by atoms with van der Waals surface area (Å²) in [5, 5.41) is 33.0. The molecule has 0 spiro atoms. The van der Waals surface area contributed by atoms with Crippen LogP contribution in [0.1, 0.15) is 10.4 Å². The van der Waals surface area contributed by atoms with Gasteiger partial charge in [-0.1, -0.05) is 0 Å². The molecule has 0 aliphatic carbocycles. The number of thiocarbonyl (C=S) groups is 1. The molecule has 1 fully saturated rings. The van der Waals surface area contributed by atoms with Crippen molar-refractivity contribution in [2.24, 2.45) is 0 Å². The zero-order valence-electron chi connectivity index (χ0n) is 14.7. The summed E-state index contributed by atoms with van der Waals surface area (Å²) >= 11 is 5.40. The van der Waals surface area contributed by atoms with Crippen LogP contribution < -0.4 is 10.2 Å². The maximum absolute atomic E-state index is 10.9. The quantitative estimate of drug-likeness (QED) is 0.307. The second-order valence-corrected chi connectivity index (χ2v) is 6.60. The van der Waals surface area contributed by atoms with Crippen molar-refractivity contribution < 1.29 is 19.9 Å². The Balaban J connectivity index is 1.58. The van der Waals surface area contributed by atoms with Crippen LogP contribution in [-0.2, 0) is 0 Å². The molecule has 10 heteroatoms. The zero-order valence-corrected chi connectivity index (χ0v) is 15.6. The molecule has 0 unspecified atom stereocenters. The van der Waals surface area contributed by atoms with E-state index in [2.05, 4.69) is 10.2 Å². The lowest BCUT2D eigenvalue weighted by Gasteiger charge is -2.37. The maximum atomic E-state index is 10.9. The average molecular weight is 402 g/mol. The van der Waals surface area contributed by atoms with E-state index in [4.69, 9.17) is 17.3 Å². The summed E-state index contributed by atoms with van der Waals surface area (Å²) in [4.78, 5) is 25.3. The number of nitro groups is 1. The minimum absolute atomic E-state index is 0.00863. The van der Waals surface area contributed by atoms with Crippen molar-refractivity contribution in [3.8, 4) is 5.75 Å². The second kappa shape index (κ2) is 8.09. The molecule has 9 nitrogen and oxygen atoms in total.